The van der Waals surface area contributed by atoms with Crippen molar-refractivity contribution in [3.05, 3.63) is 132 Å². The molecule has 0 unspecified atom stereocenters. The van der Waals surface area contributed by atoms with Gasteiger partial charge in [-0.1, -0.05) is 79.7 Å². The Morgan fingerprint density at radius 3 is 1.83 bits per heavy atom. The van der Waals surface area contributed by atoms with Crippen molar-refractivity contribution in [1.29, 1.82) is 0 Å². The number of benzene rings is 4. The lowest BCUT2D eigenvalue weighted by Gasteiger charge is -2.29. The lowest BCUT2D eigenvalue weighted by Crippen LogP contribution is -2.46. The van der Waals surface area contributed by atoms with Gasteiger partial charge in [-0.05, 0) is 84.6 Å². The number of nitrogens with one attached hydrogen (secondary N) is 1. The molecule has 5 aromatic rings. The summed E-state index contributed by atoms with van der Waals surface area (Å²) in [6.07, 6.45) is 2.94. The van der Waals surface area contributed by atoms with Crippen molar-refractivity contribution in [3.8, 4) is 33.9 Å². The van der Waals surface area contributed by atoms with E-state index in [-0.39, 0.29) is 102 Å². The highest BCUT2D eigenvalue weighted by atomic mass is 19.2. The predicted molar refractivity (Wildman–Crippen MR) is 299 cm³/mol. The average molecular weight is 1120 g/mol. The van der Waals surface area contributed by atoms with Gasteiger partial charge < -0.3 is 43.7 Å². The summed E-state index contributed by atoms with van der Waals surface area (Å²) in [5, 5.41) is 21.6. The smallest absolute Gasteiger partial charge is 0.494 e. The van der Waals surface area contributed by atoms with Gasteiger partial charge in [-0.15, -0.1) is 0 Å². The van der Waals surface area contributed by atoms with Gasteiger partial charge in [0, 0.05) is 68.2 Å². The van der Waals surface area contributed by atoms with E-state index in [1.165, 1.54) is 7.11 Å². The van der Waals surface area contributed by atoms with Crippen LogP contribution in [0.15, 0.2) is 131 Å². The van der Waals surface area contributed by atoms with Gasteiger partial charge in [-0.3, -0.25) is 52.2 Å². The van der Waals surface area contributed by atoms with E-state index in [1.807, 2.05) is 73.7 Å². The highest BCUT2D eigenvalue weighted by Crippen LogP contribution is 2.41. The van der Waals surface area contributed by atoms with Crippen LogP contribution in [0.2, 0.25) is 0 Å². The van der Waals surface area contributed by atoms with E-state index in [1.54, 1.807) is 74.2 Å². The zero-order valence-electron chi connectivity index (χ0n) is 45.1. The predicted octanol–water partition coefficient (Wildman–Crippen LogP) is 5.70. The Kier molecular flexibility index (Phi) is 24.7. The van der Waals surface area contributed by atoms with Gasteiger partial charge in [0.05, 0.1) is 39.1 Å². The number of esters is 1. The third-order valence-electron chi connectivity index (χ3n) is 12.8. The number of amidine groups is 1. The topological polar surface area (TPSA) is 244 Å². The Labute approximate surface area is 468 Å². The Bertz CT molecular complexity index is 2950. The number of amides is 1. The molecule has 21 nitrogen and oxygen atoms in total. The van der Waals surface area contributed by atoms with Crippen LogP contribution in [0, 0.1) is 0 Å². The standard InChI is InChI=1S/C57H65BF2N8O13/c1-3-64(35-53(72)73)25-28-66(38-78-40-69)29-26-65(36-54(74)75)27-30-67(39-79-41-70)34-52(71)61-24-10-11-31-80-46-22-18-45(19-23-46)51-33-49(42-12-6-4-7-13-42)57(68(51)58(59)60)63-56-48(32-50(62-56)44-14-8-5-9-15-44)43-16-20-47(21-17-43)81-37-55(76)77-2/h4-9,12-23,32-33,40-41H,3,10-11,24-31,34-39H2,1-2H3,(H,61,71)(H,72,73)(H,74,75). The van der Waals surface area contributed by atoms with E-state index < -0.39 is 25.3 Å². The summed E-state index contributed by atoms with van der Waals surface area (Å²) in [5.41, 5.74) is 4.46. The maximum atomic E-state index is 15.6. The maximum Gasteiger partial charge on any atom is 0.679 e. The highest BCUT2D eigenvalue weighted by molar-refractivity contribution is 6.43. The molecule has 1 aromatic heterocycles. The van der Waals surface area contributed by atoms with Crippen LogP contribution < -0.4 is 14.8 Å². The van der Waals surface area contributed by atoms with Crippen LogP contribution >= 0.6 is 0 Å². The van der Waals surface area contributed by atoms with E-state index >= 15 is 8.63 Å². The van der Waals surface area contributed by atoms with Crippen molar-refractivity contribution in [2.75, 3.05) is 106 Å². The number of likely N-dealkylation sites (N-methyl/N-ethyl adjacent to an activating group) is 1. The molecule has 4 aromatic carbocycles. The first-order chi connectivity index (χ1) is 39.3. The molecule has 1 aliphatic rings. The highest BCUT2D eigenvalue weighted by Gasteiger charge is 2.30. The molecule has 0 bridgehead atoms. The molecule has 2 heterocycles. The van der Waals surface area contributed by atoms with Gasteiger partial charge in [-0.2, -0.15) is 0 Å². The minimum absolute atomic E-state index is 0.00780. The molecule has 0 spiro atoms. The normalized spacial score (nSPS) is 12.6. The molecule has 3 N–H and O–H groups in total. The van der Waals surface area contributed by atoms with Crippen molar-refractivity contribution in [2.45, 2.75) is 19.8 Å². The third kappa shape index (κ3) is 19.6. The van der Waals surface area contributed by atoms with E-state index in [2.05, 4.69) is 10.1 Å². The second kappa shape index (κ2) is 32.5. The molecular formula is C57H65BF2N8O13. The first-order valence-corrected chi connectivity index (χ1v) is 26.1. The third-order valence-corrected chi connectivity index (χ3v) is 12.8. The van der Waals surface area contributed by atoms with E-state index in [0.29, 0.717) is 90.5 Å². The molecule has 0 saturated carbocycles. The van der Waals surface area contributed by atoms with E-state index in [0.717, 1.165) is 10.0 Å². The number of carboxylic acids is 2. The number of rotatable bonds is 37. The zero-order valence-corrected chi connectivity index (χ0v) is 45.1. The maximum absolute atomic E-state index is 15.6. The summed E-state index contributed by atoms with van der Waals surface area (Å²) in [6.45, 7) is 3.73. The largest absolute Gasteiger partial charge is 0.679 e. The van der Waals surface area contributed by atoms with Gasteiger partial charge in [0.1, 0.15) is 30.8 Å². The van der Waals surface area contributed by atoms with Crippen LogP contribution in [-0.4, -0.2) is 196 Å². The Hall–Kier alpha value is -8.58. The summed E-state index contributed by atoms with van der Waals surface area (Å²) in [6, 6.07) is 33.9. The molecule has 81 heavy (non-hydrogen) atoms. The van der Waals surface area contributed by atoms with Crippen LogP contribution in [0.25, 0.3) is 28.0 Å². The monoisotopic (exact) mass is 1120 g/mol. The molecule has 1 amide bonds. The van der Waals surface area contributed by atoms with Crippen LogP contribution in [0.5, 0.6) is 11.5 Å². The SMILES string of the molecule is CCN(CCN(CCN(CCN(COC=O)CC(=O)NCCCCOc1ccc(-c2cc(-c3ccccc3)c(N=C3N=C(c4ccccc4)C=C3c3ccc(OCC(=O)OC)cc3)n2B(F)F)cc1)CC(=O)O)COC=O)CC(=O)O. The summed E-state index contributed by atoms with van der Waals surface area (Å²) < 4.78 is 58.2. The molecular weight excluding hydrogens is 1050 g/mol. The van der Waals surface area contributed by atoms with Gasteiger partial charge in [0.15, 0.2) is 12.4 Å². The second-order valence-corrected chi connectivity index (χ2v) is 18.3. The molecule has 0 saturated heterocycles. The van der Waals surface area contributed by atoms with Crippen molar-refractivity contribution in [3.63, 3.8) is 0 Å². The number of ether oxygens (including phenoxy) is 5. The van der Waals surface area contributed by atoms with E-state index in [9.17, 15) is 39.0 Å². The number of hydrogen-bond donors (Lipinski definition) is 3. The van der Waals surface area contributed by atoms with Crippen LogP contribution in [0.4, 0.5) is 14.4 Å². The lowest BCUT2D eigenvalue weighted by atomic mass is 10.0. The molecule has 24 heteroatoms. The fourth-order valence-electron chi connectivity index (χ4n) is 8.55. The fourth-order valence-corrected chi connectivity index (χ4v) is 8.55. The summed E-state index contributed by atoms with van der Waals surface area (Å²) in [5.74, 6) is -1.84. The molecule has 428 valence electrons. The molecule has 0 radical (unpaired) electrons. The Morgan fingerprint density at radius 1 is 0.679 bits per heavy atom. The van der Waals surface area contributed by atoms with Crippen LogP contribution in [0.3, 0.4) is 0 Å². The number of carbonyl (C=O) groups is 6. The first kappa shape index (κ1) is 61.6. The number of aliphatic imine (C=N–C) groups is 2. The number of methoxy groups -OCH3 is 1. The quantitative estimate of drug-likeness (QED) is 0.0108. The summed E-state index contributed by atoms with van der Waals surface area (Å²) in [4.78, 5) is 86.2. The van der Waals surface area contributed by atoms with Gasteiger partial charge >= 0.3 is 25.3 Å². The number of unbranched alkanes of at least 4 members (excludes halogenated alkanes) is 1. The molecule has 0 fully saturated rings. The molecule has 0 aliphatic carbocycles. The average Bonchev–Trinajstić information content (AvgIpc) is 4.11. The van der Waals surface area contributed by atoms with Crippen LogP contribution in [-0.2, 0) is 43.0 Å². The minimum Gasteiger partial charge on any atom is -0.494 e. The lowest BCUT2D eigenvalue weighted by molar-refractivity contribution is -0.143. The minimum atomic E-state index is -3.01. The van der Waals surface area contributed by atoms with Crippen LogP contribution in [0.1, 0.15) is 30.9 Å². The van der Waals surface area contributed by atoms with Gasteiger partial charge in [0.25, 0.3) is 12.9 Å². The fraction of sp³-hybridized carbons (Fsp3) is 0.333. The molecule has 6 rings (SSSR count). The van der Waals surface area contributed by atoms with Crippen molar-refractivity contribution < 1.29 is 71.3 Å². The number of hydrogen-bond acceptors (Lipinski definition) is 16. The number of carboxylic acid groups (broad SMARTS) is 2. The second-order valence-electron chi connectivity index (χ2n) is 18.3. The van der Waals surface area contributed by atoms with Crippen molar-refractivity contribution in [1.82, 2.24) is 29.4 Å². The number of nitrogens with zero attached hydrogens (tertiary/aromatic N) is 7. The number of halogens is 2. The van der Waals surface area contributed by atoms with E-state index in [4.69, 9.17) is 28.9 Å². The summed E-state index contributed by atoms with van der Waals surface area (Å²) >= 11 is 0. The number of aliphatic carboxylic acids is 2. The Morgan fingerprint density at radius 2 is 1.23 bits per heavy atom. The molecule has 0 atom stereocenters. The number of aromatic nitrogens is 1. The van der Waals surface area contributed by atoms with Gasteiger partial charge in [0.2, 0.25) is 5.91 Å². The number of carbonyl (C=O) groups excluding carboxylic acids is 4. The van der Waals surface area contributed by atoms with Gasteiger partial charge in [-0.25, -0.2) is 14.8 Å². The summed E-state index contributed by atoms with van der Waals surface area (Å²) in [7, 11) is -1.74. The zero-order chi connectivity index (χ0) is 57.9. The Balaban J connectivity index is 1.07. The first-order valence-electron chi connectivity index (χ1n) is 26.1. The van der Waals surface area contributed by atoms with Crippen molar-refractivity contribution in [2.24, 2.45) is 9.98 Å². The van der Waals surface area contributed by atoms with Crippen molar-refractivity contribution >= 4 is 67.1 Å². The molecule has 1 aliphatic heterocycles. The number of allylic oxidation sites excluding steroid dienone is 1.